The number of aliphatic carboxylic acids is 1. The van der Waals surface area contributed by atoms with Crippen LogP contribution in [0.4, 0.5) is 5.69 Å². The van der Waals surface area contributed by atoms with Gasteiger partial charge in [0, 0.05) is 11.8 Å². The molecule has 0 saturated heterocycles. The molecular formula is C11H11NO5. The van der Waals surface area contributed by atoms with Crippen molar-refractivity contribution in [3.05, 3.63) is 18.2 Å². The summed E-state index contributed by atoms with van der Waals surface area (Å²) in [4.78, 5) is 21.6. The van der Waals surface area contributed by atoms with Crippen LogP contribution in [-0.4, -0.2) is 30.2 Å². The maximum atomic E-state index is 11.2. The van der Waals surface area contributed by atoms with Crippen LogP contribution < -0.4 is 14.8 Å². The minimum absolute atomic E-state index is 0.458. The monoisotopic (exact) mass is 237 g/mol. The van der Waals surface area contributed by atoms with E-state index >= 15 is 0 Å². The van der Waals surface area contributed by atoms with Crippen LogP contribution in [0.5, 0.6) is 11.5 Å². The van der Waals surface area contributed by atoms with Crippen LogP contribution in [0.1, 0.15) is 6.42 Å². The summed E-state index contributed by atoms with van der Waals surface area (Å²) in [6.45, 7) is 0.956. The molecule has 6 heteroatoms. The van der Waals surface area contributed by atoms with Crippen LogP contribution in [-0.2, 0) is 9.59 Å². The molecule has 0 unspecified atom stereocenters. The van der Waals surface area contributed by atoms with Gasteiger partial charge in [0.15, 0.2) is 11.5 Å². The van der Waals surface area contributed by atoms with E-state index in [4.69, 9.17) is 14.6 Å². The minimum atomic E-state index is -1.17. The lowest BCUT2D eigenvalue weighted by molar-refractivity contribution is -0.139. The Kier molecular flexibility index (Phi) is 3.13. The number of nitrogens with one attached hydrogen (secondary N) is 1. The van der Waals surface area contributed by atoms with Crippen molar-refractivity contribution in [2.45, 2.75) is 6.42 Å². The van der Waals surface area contributed by atoms with Crippen molar-refractivity contribution in [2.75, 3.05) is 18.5 Å². The molecule has 2 N–H and O–H groups in total. The van der Waals surface area contributed by atoms with Crippen molar-refractivity contribution in [2.24, 2.45) is 0 Å². The van der Waals surface area contributed by atoms with E-state index in [-0.39, 0.29) is 0 Å². The van der Waals surface area contributed by atoms with E-state index in [9.17, 15) is 9.59 Å². The van der Waals surface area contributed by atoms with Gasteiger partial charge in [-0.3, -0.25) is 9.59 Å². The standard InChI is InChI=1S/C11H11NO5/c13-10(6-11(14)15)12-7-1-2-8-9(5-7)17-4-3-16-8/h1-2,5H,3-4,6H2,(H,12,13)(H,14,15). The molecule has 2 rings (SSSR count). The third kappa shape index (κ3) is 2.87. The van der Waals surface area contributed by atoms with E-state index in [1.54, 1.807) is 18.2 Å². The first-order chi connectivity index (χ1) is 8.15. The molecule has 1 aromatic carbocycles. The van der Waals surface area contributed by atoms with E-state index in [0.717, 1.165) is 0 Å². The lowest BCUT2D eigenvalue weighted by atomic mass is 10.2. The summed E-state index contributed by atoms with van der Waals surface area (Å²) in [5, 5.41) is 10.9. The van der Waals surface area contributed by atoms with Crippen LogP contribution >= 0.6 is 0 Å². The number of ether oxygens (including phenoxy) is 2. The van der Waals surface area contributed by atoms with Gasteiger partial charge in [0.05, 0.1) is 0 Å². The topological polar surface area (TPSA) is 84.9 Å². The van der Waals surface area contributed by atoms with Gasteiger partial charge in [-0.1, -0.05) is 0 Å². The minimum Gasteiger partial charge on any atom is -0.486 e. The number of anilines is 1. The predicted octanol–water partition coefficient (Wildman–Crippen LogP) is 0.871. The molecule has 17 heavy (non-hydrogen) atoms. The summed E-state index contributed by atoms with van der Waals surface area (Å²) in [6, 6.07) is 4.91. The van der Waals surface area contributed by atoms with Gasteiger partial charge in [-0.15, -0.1) is 0 Å². The van der Waals surface area contributed by atoms with Crippen LogP contribution in [0.2, 0.25) is 0 Å². The van der Waals surface area contributed by atoms with Crippen LogP contribution in [0.25, 0.3) is 0 Å². The molecule has 0 aromatic heterocycles. The van der Waals surface area contributed by atoms with E-state index in [1.165, 1.54) is 0 Å². The molecule has 1 amide bonds. The number of hydrogen-bond acceptors (Lipinski definition) is 4. The molecule has 0 saturated carbocycles. The number of benzene rings is 1. The van der Waals surface area contributed by atoms with Crippen LogP contribution in [0.3, 0.4) is 0 Å². The summed E-state index contributed by atoms with van der Waals surface area (Å²) in [5.41, 5.74) is 0.487. The SMILES string of the molecule is O=C(O)CC(=O)Nc1ccc2c(c1)OCCO2. The fourth-order valence-corrected chi connectivity index (χ4v) is 1.46. The summed E-state index contributed by atoms with van der Waals surface area (Å²) in [5.74, 6) is -0.578. The number of carboxylic acid groups (broad SMARTS) is 1. The van der Waals surface area contributed by atoms with Gasteiger partial charge in [0.1, 0.15) is 19.6 Å². The molecule has 1 aliphatic rings. The summed E-state index contributed by atoms with van der Waals surface area (Å²) < 4.78 is 10.7. The largest absolute Gasteiger partial charge is 0.486 e. The summed E-state index contributed by atoms with van der Waals surface area (Å²) >= 11 is 0. The van der Waals surface area contributed by atoms with Crippen molar-refractivity contribution < 1.29 is 24.2 Å². The summed E-state index contributed by atoms with van der Waals surface area (Å²) in [7, 11) is 0. The maximum absolute atomic E-state index is 11.2. The third-order valence-corrected chi connectivity index (χ3v) is 2.14. The lowest BCUT2D eigenvalue weighted by Crippen LogP contribution is -2.17. The quantitative estimate of drug-likeness (QED) is 0.762. The van der Waals surface area contributed by atoms with Gasteiger partial charge < -0.3 is 19.9 Å². The zero-order chi connectivity index (χ0) is 12.3. The van der Waals surface area contributed by atoms with Crippen molar-refractivity contribution >= 4 is 17.6 Å². The number of hydrogen-bond donors (Lipinski definition) is 2. The van der Waals surface area contributed by atoms with Gasteiger partial charge in [-0.05, 0) is 12.1 Å². The zero-order valence-electron chi connectivity index (χ0n) is 8.93. The van der Waals surface area contributed by atoms with Crippen molar-refractivity contribution in [1.82, 2.24) is 0 Å². The Morgan fingerprint density at radius 1 is 1.24 bits per heavy atom. The Morgan fingerprint density at radius 2 is 1.94 bits per heavy atom. The van der Waals surface area contributed by atoms with Gasteiger partial charge in [0.2, 0.25) is 5.91 Å². The molecule has 1 heterocycles. The normalized spacial score (nSPS) is 12.9. The second-order valence-corrected chi connectivity index (χ2v) is 3.48. The number of fused-ring (bicyclic) bond motifs is 1. The van der Waals surface area contributed by atoms with Gasteiger partial charge >= 0.3 is 5.97 Å². The molecule has 0 atom stereocenters. The molecule has 1 aliphatic heterocycles. The molecule has 90 valence electrons. The fourth-order valence-electron chi connectivity index (χ4n) is 1.46. The second kappa shape index (κ2) is 4.73. The molecule has 0 fully saturated rings. The van der Waals surface area contributed by atoms with Crippen molar-refractivity contribution in [1.29, 1.82) is 0 Å². The van der Waals surface area contributed by atoms with E-state index in [2.05, 4.69) is 5.32 Å². The number of carbonyl (C=O) groups is 2. The number of carboxylic acids is 1. The lowest BCUT2D eigenvalue weighted by Gasteiger charge is -2.18. The first-order valence-electron chi connectivity index (χ1n) is 5.06. The predicted molar refractivity (Wildman–Crippen MR) is 58.3 cm³/mol. The third-order valence-electron chi connectivity index (χ3n) is 2.14. The molecule has 0 aliphatic carbocycles. The first kappa shape index (κ1) is 11.3. The van der Waals surface area contributed by atoms with Crippen LogP contribution in [0.15, 0.2) is 18.2 Å². The zero-order valence-corrected chi connectivity index (χ0v) is 8.93. The molecule has 1 aromatic rings. The molecule has 0 bridgehead atoms. The number of rotatable bonds is 3. The van der Waals surface area contributed by atoms with Crippen molar-refractivity contribution in [3.63, 3.8) is 0 Å². The van der Waals surface area contributed by atoms with E-state index in [1.807, 2.05) is 0 Å². The second-order valence-electron chi connectivity index (χ2n) is 3.48. The Balaban J connectivity index is 2.07. The Labute approximate surface area is 97.1 Å². The van der Waals surface area contributed by atoms with Gasteiger partial charge in [-0.2, -0.15) is 0 Å². The van der Waals surface area contributed by atoms with Crippen molar-refractivity contribution in [3.8, 4) is 11.5 Å². The van der Waals surface area contributed by atoms with Gasteiger partial charge in [-0.25, -0.2) is 0 Å². The Bertz CT molecular complexity index is 457. The average Bonchev–Trinajstić information content (AvgIpc) is 2.27. The fraction of sp³-hybridized carbons (Fsp3) is 0.273. The Hall–Kier alpha value is -2.24. The smallest absolute Gasteiger partial charge is 0.312 e. The highest BCUT2D eigenvalue weighted by Gasteiger charge is 2.13. The molecule has 0 radical (unpaired) electrons. The highest BCUT2D eigenvalue weighted by atomic mass is 16.6. The molecule has 0 spiro atoms. The average molecular weight is 237 g/mol. The van der Waals surface area contributed by atoms with E-state index in [0.29, 0.717) is 30.4 Å². The summed E-state index contributed by atoms with van der Waals surface area (Å²) in [6.07, 6.45) is -0.561. The van der Waals surface area contributed by atoms with E-state index < -0.39 is 18.3 Å². The maximum Gasteiger partial charge on any atom is 0.312 e. The molecule has 6 nitrogen and oxygen atoms in total. The van der Waals surface area contributed by atoms with Gasteiger partial charge in [0.25, 0.3) is 0 Å². The highest BCUT2D eigenvalue weighted by molar-refractivity contribution is 6.01. The number of carbonyl (C=O) groups excluding carboxylic acids is 1. The Morgan fingerprint density at radius 3 is 2.65 bits per heavy atom. The number of amides is 1. The van der Waals surface area contributed by atoms with Crippen LogP contribution in [0, 0.1) is 0 Å². The first-order valence-corrected chi connectivity index (χ1v) is 5.06. The molecular weight excluding hydrogens is 226 g/mol. The highest BCUT2D eigenvalue weighted by Crippen LogP contribution is 2.32.